The molecule has 0 fully saturated rings. The molecule has 0 aromatic carbocycles. The minimum absolute atomic E-state index is 0.0161. The minimum Gasteiger partial charge on any atom is -0.465 e. The summed E-state index contributed by atoms with van der Waals surface area (Å²) in [6.07, 6.45) is -0.0161. The Morgan fingerprint density at radius 2 is 1.95 bits per heavy atom. The molecular weight excluding hydrogens is 266 g/mol. The van der Waals surface area contributed by atoms with Crippen LogP contribution in [0.5, 0.6) is 0 Å². The Bertz CT molecular complexity index is 479. The number of ether oxygens (including phenoxy) is 2. The number of esters is 1. The van der Waals surface area contributed by atoms with Crippen LogP contribution in [0.1, 0.15) is 34.6 Å². The second-order valence-electron chi connectivity index (χ2n) is 4.39. The van der Waals surface area contributed by atoms with Crippen molar-refractivity contribution >= 4 is 28.2 Å². The van der Waals surface area contributed by atoms with Crippen LogP contribution in [0.15, 0.2) is 0 Å². The Kier molecular flexibility index (Phi) is 5.50. The monoisotopic (exact) mass is 285 g/mol. The molecule has 6 heteroatoms. The van der Waals surface area contributed by atoms with Gasteiger partial charge in [-0.3, -0.25) is 4.79 Å². The maximum atomic E-state index is 11.7. The van der Waals surface area contributed by atoms with E-state index in [-0.39, 0.29) is 18.6 Å². The number of nitrogens with one attached hydrogen (secondary N) is 1. The summed E-state index contributed by atoms with van der Waals surface area (Å²) in [4.78, 5) is 24.4. The topological polar surface area (TPSA) is 64.6 Å². The number of carbonyl (C=O) groups is 2. The van der Waals surface area contributed by atoms with Crippen LogP contribution < -0.4 is 5.32 Å². The first-order valence-corrected chi connectivity index (χ1v) is 6.78. The zero-order chi connectivity index (χ0) is 14.6. The van der Waals surface area contributed by atoms with Crippen LogP contribution >= 0.6 is 11.3 Å². The van der Waals surface area contributed by atoms with Crippen LogP contribution in [0.25, 0.3) is 0 Å². The zero-order valence-electron chi connectivity index (χ0n) is 11.8. The van der Waals surface area contributed by atoms with E-state index in [0.717, 1.165) is 10.4 Å². The van der Waals surface area contributed by atoms with E-state index in [1.165, 1.54) is 18.4 Å². The zero-order valence-corrected chi connectivity index (χ0v) is 12.6. The van der Waals surface area contributed by atoms with E-state index in [4.69, 9.17) is 9.47 Å². The average molecular weight is 285 g/mol. The van der Waals surface area contributed by atoms with Gasteiger partial charge in [-0.05, 0) is 33.3 Å². The van der Waals surface area contributed by atoms with Crippen molar-refractivity contribution in [3.05, 3.63) is 16.0 Å². The molecule has 1 N–H and O–H groups in total. The molecule has 5 nitrogen and oxygen atoms in total. The molecule has 0 saturated carbocycles. The molecule has 0 spiro atoms. The summed E-state index contributed by atoms with van der Waals surface area (Å²) in [7, 11) is 1.32. The number of carbonyl (C=O) groups excluding carboxylic acids is 2. The van der Waals surface area contributed by atoms with E-state index in [0.29, 0.717) is 10.6 Å². The summed E-state index contributed by atoms with van der Waals surface area (Å²) < 4.78 is 9.95. The molecule has 106 valence electrons. The van der Waals surface area contributed by atoms with Gasteiger partial charge in [-0.1, -0.05) is 0 Å². The first-order valence-electron chi connectivity index (χ1n) is 5.96. The van der Waals surface area contributed by atoms with Crippen molar-refractivity contribution in [3.8, 4) is 0 Å². The second-order valence-corrected chi connectivity index (χ2v) is 5.61. The fraction of sp³-hybridized carbons (Fsp3) is 0.538. The largest absolute Gasteiger partial charge is 0.465 e. The van der Waals surface area contributed by atoms with E-state index in [1.54, 1.807) is 0 Å². The fourth-order valence-electron chi connectivity index (χ4n) is 1.47. The van der Waals surface area contributed by atoms with E-state index in [1.807, 2.05) is 27.7 Å². The lowest BCUT2D eigenvalue weighted by Gasteiger charge is -2.08. The number of rotatable bonds is 5. The smallest absolute Gasteiger partial charge is 0.341 e. The summed E-state index contributed by atoms with van der Waals surface area (Å²) in [5.74, 6) is -0.720. The van der Waals surface area contributed by atoms with Crippen LogP contribution in [0.3, 0.4) is 0 Å². The molecule has 1 heterocycles. The maximum absolute atomic E-state index is 11.7. The van der Waals surface area contributed by atoms with Crippen LogP contribution in [0, 0.1) is 13.8 Å². The molecule has 1 aromatic rings. The number of thiophene rings is 1. The van der Waals surface area contributed by atoms with E-state index in [9.17, 15) is 9.59 Å². The van der Waals surface area contributed by atoms with Crippen LogP contribution in [0.4, 0.5) is 5.00 Å². The third-order valence-corrected chi connectivity index (χ3v) is 3.70. The molecule has 1 amide bonds. The van der Waals surface area contributed by atoms with Gasteiger partial charge in [-0.2, -0.15) is 0 Å². The lowest BCUT2D eigenvalue weighted by Crippen LogP contribution is -2.21. The van der Waals surface area contributed by atoms with Crippen LogP contribution in [-0.4, -0.2) is 31.7 Å². The van der Waals surface area contributed by atoms with Crippen molar-refractivity contribution in [1.82, 2.24) is 0 Å². The SMILES string of the molecule is COC(=O)c1c(NC(=O)COC(C)C)sc(C)c1C. The van der Waals surface area contributed by atoms with Crippen molar-refractivity contribution in [2.45, 2.75) is 33.8 Å². The highest BCUT2D eigenvalue weighted by Gasteiger charge is 2.21. The van der Waals surface area contributed by atoms with E-state index < -0.39 is 5.97 Å². The molecular formula is C13H19NO4S. The van der Waals surface area contributed by atoms with Gasteiger partial charge in [-0.15, -0.1) is 11.3 Å². The number of anilines is 1. The average Bonchev–Trinajstić information content (AvgIpc) is 2.61. The molecule has 1 rings (SSSR count). The number of hydrogen-bond acceptors (Lipinski definition) is 5. The highest BCUT2D eigenvalue weighted by Crippen LogP contribution is 2.32. The first-order chi connectivity index (χ1) is 8.86. The predicted molar refractivity (Wildman–Crippen MR) is 74.9 cm³/mol. The summed E-state index contributed by atoms with van der Waals surface area (Å²) in [6, 6.07) is 0. The fourth-order valence-corrected chi connectivity index (χ4v) is 2.53. The Morgan fingerprint density at radius 3 is 2.47 bits per heavy atom. The number of hydrogen-bond donors (Lipinski definition) is 1. The second kappa shape index (κ2) is 6.68. The van der Waals surface area contributed by atoms with Gasteiger partial charge < -0.3 is 14.8 Å². The third kappa shape index (κ3) is 4.04. The van der Waals surface area contributed by atoms with E-state index >= 15 is 0 Å². The van der Waals surface area contributed by atoms with Crippen molar-refractivity contribution in [2.75, 3.05) is 19.0 Å². The molecule has 0 aliphatic heterocycles. The van der Waals surface area contributed by atoms with Gasteiger partial charge in [0.25, 0.3) is 5.91 Å². The highest BCUT2D eigenvalue weighted by atomic mass is 32.1. The maximum Gasteiger partial charge on any atom is 0.341 e. The van der Waals surface area contributed by atoms with Gasteiger partial charge in [0.15, 0.2) is 0 Å². The molecule has 0 atom stereocenters. The molecule has 19 heavy (non-hydrogen) atoms. The number of methoxy groups -OCH3 is 1. The standard InChI is InChI=1S/C13H19NO4S/c1-7(2)18-6-10(15)14-12-11(13(16)17-5)8(3)9(4)19-12/h7H,6H2,1-5H3,(H,14,15). The molecule has 0 aliphatic rings. The minimum atomic E-state index is -0.443. The van der Waals surface area contributed by atoms with Crippen molar-refractivity contribution in [3.63, 3.8) is 0 Å². The van der Waals surface area contributed by atoms with Crippen LogP contribution in [-0.2, 0) is 14.3 Å². The quantitative estimate of drug-likeness (QED) is 0.844. The lowest BCUT2D eigenvalue weighted by molar-refractivity contribution is -0.121. The Balaban J connectivity index is 2.86. The number of amides is 1. The molecule has 0 unspecified atom stereocenters. The molecule has 0 aliphatic carbocycles. The van der Waals surface area contributed by atoms with Gasteiger partial charge in [0, 0.05) is 4.88 Å². The van der Waals surface area contributed by atoms with Gasteiger partial charge in [0.1, 0.15) is 11.6 Å². The Labute approximate surface area is 116 Å². The summed E-state index contributed by atoms with van der Waals surface area (Å²) in [6.45, 7) is 7.40. The third-order valence-electron chi connectivity index (χ3n) is 2.58. The molecule has 0 bridgehead atoms. The summed E-state index contributed by atoms with van der Waals surface area (Å²) in [5, 5.41) is 3.21. The van der Waals surface area contributed by atoms with Crippen molar-refractivity contribution in [1.29, 1.82) is 0 Å². The molecule has 0 saturated heterocycles. The lowest BCUT2D eigenvalue weighted by atomic mass is 10.1. The van der Waals surface area contributed by atoms with E-state index in [2.05, 4.69) is 5.32 Å². The van der Waals surface area contributed by atoms with Crippen molar-refractivity contribution in [2.24, 2.45) is 0 Å². The predicted octanol–water partition coefficient (Wildman–Crippen LogP) is 2.52. The number of aryl methyl sites for hydroxylation is 1. The Morgan fingerprint density at radius 1 is 1.32 bits per heavy atom. The normalized spacial score (nSPS) is 10.6. The summed E-state index contributed by atoms with van der Waals surface area (Å²) >= 11 is 1.36. The van der Waals surface area contributed by atoms with Crippen molar-refractivity contribution < 1.29 is 19.1 Å². The first kappa shape index (κ1) is 15.7. The van der Waals surface area contributed by atoms with Gasteiger partial charge in [0.05, 0.1) is 18.8 Å². The van der Waals surface area contributed by atoms with Gasteiger partial charge >= 0.3 is 5.97 Å². The molecule has 0 radical (unpaired) electrons. The summed E-state index contributed by atoms with van der Waals surface area (Å²) in [5.41, 5.74) is 1.25. The van der Waals surface area contributed by atoms with Crippen LogP contribution in [0.2, 0.25) is 0 Å². The van der Waals surface area contributed by atoms with Gasteiger partial charge in [0.2, 0.25) is 0 Å². The van der Waals surface area contributed by atoms with Gasteiger partial charge in [-0.25, -0.2) is 4.79 Å². The Hall–Kier alpha value is -1.40. The highest BCUT2D eigenvalue weighted by molar-refractivity contribution is 7.16. The molecule has 1 aromatic heterocycles.